The first kappa shape index (κ1) is 47.4. The van der Waals surface area contributed by atoms with Gasteiger partial charge in [0, 0.05) is 6.92 Å². The molecule has 0 fully saturated rings. The molecule has 4 aromatic carbocycles. The summed E-state index contributed by atoms with van der Waals surface area (Å²) in [6, 6.07) is 31.2. The molecule has 0 N–H and O–H groups in total. The van der Waals surface area contributed by atoms with Crippen LogP contribution in [0.4, 0.5) is 0 Å². The molecule has 0 radical (unpaired) electrons. The molecule has 0 aliphatic heterocycles. The maximum atomic E-state index is 7.32. The van der Waals surface area contributed by atoms with Crippen molar-refractivity contribution >= 4 is 20.0 Å². The summed E-state index contributed by atoms with van der Waals surface area (Å²) in [6.45, 7) is 29.8. The molecule has 0 aliphatic rings. The predicted molar refractivity (Wildman–Crippen MR) is 221 cm³/mol. The maximum Gasteiger partial charge on any atom is 1.00 e. The van der Waals surface area contributed by atoms with Crippen molar-refractivity contribution in [1.82, 2.24) is 0 Å². The molecule has 276 valence electrons. The standard InChI is InChI=1S/C36H51O3SSi.C7H8.C2H3N.Na/c1-22(2)28-16-13-17-29(23(3)4)34(28)37-41(40,38-35-30(24(5)6)18-14-19-31(35)25(7)8)39-36-32(26(9)10)20-15-21-33(36)27(11)12;1-7-5-3-2-4-6-7;1-2-3;/h13-27H,1-12H3;2-6H,1H3;1H3;/q-1;;;+1. The molecular weight excluding hydrogens is 686 g/mol. The van der Waals surface area contributed by atoms with Gasteiger partial charge in [-0.2, -0.15) is 5.26 Å². The molecule has 0 aliphatic carbocycles. The molecule has 0 unspecified atom stereocenters. The van der Waals surface area contributed by atoms with Crippen molar-refractivity contribution in [2.45, 2.75) is 132 Å². The zero-order valence-corrected chi connectivity index (χ0v) is 38.4. The third-order valence-corrected chi connectivity index (χ3v) is 10.7. The maximum absolute atomic E-state index is 7.32. The minimum atomic E-state index is -3.85. The molecule has 0 saturated heterocycles. The van der Waals surface area contributed by atoms with Gasteiger partial charge in [0.2, 0.25) is 0 Å². The Bertz CT molecular complexity index is 1460. The zero-order valence-electron chi connectivity index (χ0n) is 34.6. The van der Waals surface area contributed by atoms with Crippen molar-refractivity contribution in [2.75, 3.05) is 0 Å². The second kappa shape index (κ2) is 22.5. The molecule has 4 rings (SSSR count). The summed E-state index contributed by atoms with van der Waals surface area (Å²) < 4.78 is 21.1. The molecule has 0 amide bonds. The van der Waals surface area contributed by atoms with E-state index in [9.17, 15) is 0 Å². The van der Waals surface area contributed by atoms with Crippen LogP contribution in [-0.4, -0.2) is 7.95 Å². The Labute approximate surface area is 345 Å². The van der Waals surface area contributed by atoms with Crippen molar-refractivity contribution in [1.29, 1.82) is 5.26 Å². The predicted octanol–water partition coefficient (Wildman–Crippen LogP) is 10.5. The fraction of sp³-hybridized carbons (Fsp3) is 0.444. The number of aryl methyl sites for hydroxylation is 1. The second-order valence-electron chi connectivity index (χ2n) is 14.9. The molecule has 0 heterocycles. The number of rotatable bonds is 12. The summed E-state index contributed by atoms with van der Waals surface area (Å²) >= 11 is 6.50. The number of hydrogen-bond donors (Lipinski definition) is 0. The van der Waals surface area contributed by atoms with Crippen molar-refractivity contribution in [3.63, 3.8) is 0 Å². The Morgan fingerprint density at radius 1 is 0.462 bits per heavy atom. The summed E-state index contributed by atoms with van der Waals surface area (Å²) in [5.41, 5.74) is 8.03. The van der Waals surface area contributed by atoms with E-state index in [1.165, 1.54) is 12.5 Å². The van der Waals surface area contributed by atoms with Gasteiger partial charge in [-0.25, -0.2) is 0 Å². The first-order chi connectivity index (χ1) is 24.0. The van der Waals surface area contributed by atoms with Crippen molar-refractivity contribution < 1.29 is 42.8 Å². The number of nitrogens with zero attached hydrogens (tertiary/aromatic N) is 1. The van der Waals surface area contributed by atoms with E-state index in [4.69, 9.17) is 30.6 Å². The van der Waals surface area contributed by atoms with Gasteiger partial charge in [0.25, 0.3) is 0 Å². The molecule has 0 saturated carbocycles. The molecule has 0 aromatic heterocycles. The Kier molecular flexibility index (Phi) is 20.5. The van der Waals surface area contributed by atoms with Crippen molar-refractivity contribution in [2.24, 2.45) is 0 Å². The minimum Gasteiger partial charge on any atom is -0.665 e. The van der Waals surface area contributed by atoms with Crippen LogP contribution in [-0.2, 0) is 12.1 Å². The fourth-order valence-corrected chi connectivity index (χ4v) is 8.11. The topological polar surface area (TPSA) is 51.5 Å². The Hall–Kier alpha value is -2.66. The van der Waals surface area contributed by atoms with E-state index in [1.54, 1.807) is 6.07 Å². The molecule has 0 spiro atoms. The van der Waals surface area contributed by atoms with Gasteiger partial charge in [-0.15, -0.1) is 0 Å². The van der Waals surface area contributed by atoms with E-state index in [1.807, 2.05) is 18.2 Å². The summed E-state index contributed by atoms with van der Waals surface area (Å²) in [4.78, 5) is 0. The monoisotopic (exact) mass is 747 g/mol. The molecule has 0 atom stereocenters. The normalized spacial score (nSPS) is 11.1. The molecule has 52 heavy (non-hydrogen) atoms. The molecule has 4 nitrogen and oxygen atoms in total. The quantitative estimate of drug-likeness (QED) is 0.107. The van der Waals surface area contributed by atoms with Crippen LogP contribution in [0.15, 0.2) is 84.9 Å². The van der Waals surface area contributed by atoms with Crippen LogP contribution in [0.25, 0.3) is 0 Å². The number of benzene rings is 4. The summed E-state index contributed by atoms with van der Waals surface area (Å²) in [7, 11) is -3.85. The summed E-state index contributed by atoms with van der Waals surface area (Å²) in [6.07, 6.45) is 0. The molecule has 0 bridgehead atoms. The van der Waals surface area contributed by atoms with Crippen molar-refractivity contribution in [3.05, 3.63) is 124 Å². The van der Waals surface area contributed by atoms with Crippen LogP contribution >= 0.6 is 0 Å². The fourth-order valence-electron chi connectivity index (χ4n) is 5.77. The third-order valence-electron chi connectivity index (χ3n) is 8.58. The first-order valence-electron chi connectivity index (χ1n) is 18.5. The van der Waals surface area contributed by atoms with E-state index in [2.05, 4.69) is 157 Å². The van der Waals surface area contributed by atoms with Crippen LogP contribution in [0.5, 0.6) is 17.2 Å². The zero-order chi connectivity index (χ0) is 38.5. The van der Waals surface area contributed by atoms with E-state index < -0.39 is 7.95 Å². The van der Waals surface area contributed by atoms with Crippen molar-refractivity contribution in [3.8, 4) is 23.3 Å². The average molecular weight is 748 g/mol. The minimum absolute atomic E-state index is 0. The van der Waals surface area contributed by atoms with Crippen LogP contribution in [0, 0.1) is 18.3 Å². The first-order valence-corrected chi connectivity index (χ1v) is 21.3. The van der Waals surface area contributed by atoms with Crippen LogP contribution in [0.3, 0.4) is 0 Å². The van der Waals surface area contributed by atoms with Gasteiger partial charge >= 0.3 is 37.5 Å². The van der Waals surface area contributed by atoms with Crippen LogP contribution < -0.4 is 42.8 Å². The van der Waals surface area contributed by atoms with Gasteiger partial charge in [-0.1, -0.05) is 174 Å². The smallest absolute Gasteiger partial charge is 0.665 e. The van der Waals surface area contributed by atoms with Gasteiger partial charge < -0.3 is 25.4 Å². The third kappa shape index (κ3) is 13.6. The Morgan fingerprint density at radius 2 is 0.673 bits per heavy atom. The second-order valence-corrected chi connectivity index (χ2v) is 18.0. The van der Waals surface area contributed by atoms with Gasteiger partial charge in [0.05, 0.1) is 6.07 Å². The van der Waals surface area contributed by atoms with E-state index in [0.29, 0.717) is 0 Å². The van der Waals surface area contributed by atoms with Gasteiger partial charge in [-0.05, 0) is 75.8 Å². The summed E-state index contributed by atoms with van der Waals surface area (Å²) in [5, 5.41) is 7.32. The largest absolute Gasteiger partial charge is 1.00 e. The van der Waals surface area contributed by atoms with E-state index in [0.717, 1.165) is 50.6 Å². The molecule has 4 aromatic rings. The van der Waals surface area contributed by atoms with E-state index in [-0.39, 0.29) is 65.1 Å². The Balaban J connectivity index is 0.00000107. The molecular formula is C45H62NNaO3SSi. The number of para-hydroxylation sites is 3. The number of nitriles is 1. The van der Waals surface area contributed by atoms with E-state index >= 15 is 0 Å². The van der Waals surface area contributed by atoms with Crippen LogP contribution in [0.1, 0.15) is 164 Å². The van der Waals surface area contributed by atoms with Gasteiger partial charge in [0.15, 0.2) is 0 Å². The molecule has 7 heteroatoms. The number of hydrogen-bond acceptors (Lipinski definition) is 5. The Morgan fingerprint density at radius 3 is 0.827 bits per heavy atom. The van der Waals surface area contributed by atoms with Gasteiger partial charge in [0.1, 0.15) is 17.2 Å². The average Bonchev–Trinajstić information content (AvgIpc) is 3.05. The van der Waals surface area contributed by atoms with Gasteiger partial charge in [-0.3, -0.25) is 0 Å². The van der Waals surface area contributed by atoms with Crippen LogP contribution in [0.2, 0.25) is 0 Å². The summed E-state index contributed by atoms with van der Waals surface area (Å²) in [5.74, 6) is 3.92. The SMILES string of the molecule is CC#N.CC(C)c1cccc(C(C)C)c1O[Si]([S-])(Oc1c(C(C)C)cccc1C(C)C)Oc1c(C(C)C)cccc1C(C)C.Cc1ccccc1.[Na+].